The van der Waals surface area contributed by atoms with Crippen molar-refractivity contribution in [3.8, 4) is 11.8 Å². The molecule has 28 heavy (non-hydrogen) atoms. The van der Waals surface area contributed by atoms with Crippen LogP contribution >= 0.6 is 15.9 Å². The Morgan fingerprint density at radius 1 is 1.21 bits per heavy atom. The fourth-order valence-corrected chi connectivity index (χ4v) is 7.85. The first-order valence-corrected chi connectivity index (χ1v) is 12.4. The smallest absolute Gasteiger partial charge is 0.155 e. The molecule has 0 aromatic heterocycles. The number of ketones is 1. The number of hydrogen-bond donors (Lipinski definition) is 1. The topological polar surface area (TPSA) is 37.3 Å². The summed E-state index contributed by atoms with van der Waals surface area (Å²) in [6.45, 7) is 7.08. The zero-order valence-electron chi connectivity index (χ0n) is 17.7. The Kier molecular flexibility index (Phi) is 5.37. The van der Waals surface area contributed by atoms with Gasteiger partial charge in [-0.25, -0.2) is 0 Å². The Morgan fingerprint density at radius 2 is 1.96 bits per heavy atom. The van der Waals surface area contributed by atoms with Gasteiger partial charge < -0.3 is 5.11 Å². The number of rotatable bonds is 2. The lowest BCUT2D eigenvalue weighted by atomic mass is 9.45. The summed E-state index contributed by atoms with van der Waals surface area (Å²) in [5.74, 6) is 9.31. The van der Waals surface area contributed by atoms with E-state index in [1.807, 2.05) is 6.08 Å². The van der Waals surface area contributed by atoms with Gasteiger partial charge in [0.25, 0.3) is 0 Å². The maximum Gasteiger partial charge on any atom is 0.155 e. The molecule has 3 saturated carbocycles. The van der Waals surface area contributed by atoms with Gasteiger partial charge in [-0.2, -0.15) is 0 Å². The normalized spacial score (nSPS) is 47.3. The first-order valence-electron chi connectivity index (χ1n) is 11.3. The van der Waals surface area contributed by atoms with Crippen molar-refractivity contribution in [2.24, 2.45) is 34.5 Å². The molecule has 4 aliphatic carbocycles. The van der Waals surface area contributed by atoms with Gasteiger partial charge >= 0.3 is 0 Å². The highest BCUT2D eigenvalue weighted by Gasteiger charge is 2.64. The van der Waals surface area contributed by atoms with Crippen molar-refractivity contribution in [1.29, 1.82) is 0 Å². The molecule has 2 nitrogen and oxygen atoms in total. The molecule has 3 heteroatoms. The molecule has 0 radical (unpaired) electrons. The van der Waals surface area contributed by atoms with Crippen LogP contribution in [0.2, 0.25) is 0 Å². The van der Waals surface area contributed by atoms with Crippen LogP contribution in [0.3, 0.4) is 0 Å². The quantitative estimate of drug-likeness (QED) is 0.336. The number of aliphatic hydroxyl groups is 1. The molecule has 3 fully saturated rings. The Morgan fingerprint density at radius 3 is 2.71 bits per heavy atom. The van der Waals surface area contributed by atoms with Crippen molar-refractivity contribution in [3.63, 3.8) is 0 Å². The van der Waals surface area contributed by atoms with E-state index in [0.29, 0.717) is 35.9 Å². The average Bonchev–Trinajstić information content (AvgIpc) is 2.92. The SMILES string of the molecule is C[C@H]1C[C@@H]2[C@H](CC[C@@]3(C)[C@H]2CC[C@@]3(O)C#CCCCBr)[C@@]2(C)CCC(=O)C=C12. The largest absolute Gasteiger partial charge is 0.377 e. The molecule has 0 unspecified atom stereocenters. The summed E-state index contributed by atoms with van der Waals surface area (Å²) in [6, 6.07) is 0. The van der Waals surface area contributed by atoms with Gasteiger partial charge in [0, 0.05) is 23.6 Å². The van der Waals surface area contributed by atoms with E-state index in [9.17, 15) is 9.90 Å². The molecular formula is C25H35BrO2. The molecule has 4 aliphatic rings. The van der Waals surface area contributed by atoms with E-state index >= 15 is 0 Å². The molecule has 0 spiro atoms. The number of carbonyl (C=O) groups excluding carboxylic acids is 1. The maximum atomic E-state index is 12.1. The Bertz CT molecular complexity index is 745. The van der Waals surface area contributed by atoms with Crippen molar-refractivity contribution in [2.75, 3.05) is 5.33 Å². The summed E-state index contributed by atoms with van der Waals surface area (Å²) in [5, 5.41) is 12.6. The second-order valence-electron chi connectivity index (χ2n) is 10.4. The number of halogens is 1. The summed E-state index contributed by atoms with van der Waals surface area (Å²) in [7, 11) is 0. The van der Waals surface area contributed by atoms with Gasteiger partial charge in [-0.3, -0.25) is 4.79 Å². The van der Waals surface area contributed by atoms with Crippen molar-refractivity contribution in [2.45, 2.75) is 84.2 Å². The Balaban J connectivity index is 1.63. The van der Waals surface area contributed by atoms with Gasteiger partial charge in [-0.15, -0.1) is 5.92 Å². The number of allylic oxidation sites excluding steroid dienone is 1. The molecule has 0 aromatic carbocycles. The predicted octanol–water partition coefficient (Wildman–Crippen LogP) is 5.67. The van der Waals surface area contributed by atoms with Crippen LogP contribution in [0.25, 0.3) is 0 Å². The third kappa shape index (κ3) is 2.97. The summed E-state index contributed by atoms with van der Waals surface area (Å²) in [6.07, 6.45) is 10.9. The number of carbonyl (C=O) groups is 1. The molecule has 1 N–H and O–H groups in total. The lowest BCUT2D eigenvalue weighted by Gasteiger charge is -2.60. The minimum absolute atomic E-state index is 0.0860. The molecule has 0 bridgehead atoms. The van der Waals surface area contributed by atoms with E-state index in [4.69, 9.17) is 0 Å². The molecule has 154 valence electrons. The molecule has 0 aliphatic heterocycles. The summed E-state index contributed by atoms with van der Waals surface area (Å²) in [5.41, 5.74) is 0.700. The van der Waals surface area contributed by atoms with E-state index in [2.05, 4.69) is 48.5 Å². The van der Waals surface area contributed by atoms with Crippen molar-refractivity contribution in [1.82, 2.24) is 0 Å². The highest BCUT2D eigenvalue weighted by molar-refractivity contribution is 9.09. The second-order valence-corrected chi connectivity index (χ2v) is 11.2. The van der Waals surface area contributed by atoms with E-state index in [1.165, 1.54) is 12.0 Å². The van der Waals surface area contributed by atoms with E-state index in [-0.39, 0.29) is 10.8 Å². The zero-order valence-corrected chi connectivity index (χ0v) is 19.3. The summed E-state index contributed by atoms with van der Waals surface area (Å²) < 4.78 is 0. The monoisotopic (exact) mass is 446 g/mol. The average molecular weight is 447 g/mol. The number of hydrogen-bond acceptors (Lipinski definition) is 2. The molecule has 0 heterocycles. The van der Waals surface area contributed by atoms with Gasteiger partial charge in [-0.1, -0.05) is 48.2 Å². The van der Waals surface area contributed by atoms with Crippen molar-refractivity contribution < 1.29 is 9.90 Å². The lowest BCUT2D eigenvalue weighted by molar-refractivity contribution is -0.121. The van der Waals surface area contributed by atoms with E-state index in [1.54, 1.807) is 0 Å². The van der Waals surface area contributed by atoms with Crippen LogP contribution in [0.4, 0.5) is 0 Å². The van der Waals surface area contributed by atoms with Crippen LogP contribution in [0.1, 0.15) is 78.6 Å². The summed E-state index contributed by atoms with van der Waals surface area (Å²) in [4.78, 5) is 12.1. The standard InChI is InChI=1S/C25H35BrO2/c1-17-15-19-20(23(2)11-7-18(27)16-22(17)23)8-12-24(3)21(19)9-13-25(24,28)10-5-4-6-14-26/h16-17,19-21,28H,4,6-9,11-15H2,1-3H3/t17-,19+,20-,21-,23+,24-,25-/m0/s1. The molecule has 0 amide bonds. The fourth-order valence-electron chi connectivity index (χ4n) is 7.57. The van der Waals surface area contributed by atoms with Crippen LogP contribution in [-0.4, -0.2) is 21.8 Å². The maximum absolute atomic E-state index is 12.1. The molecule has 0 aromatic rings. The minimum Gasteiger partial charge on any atom is -0.377 e. The highest BCUT2D eigenvalue weighted by Crippen LogP contribution is 2.68. The Labute approximate surface area is 179 Å². The lowest BCUT2D eigenvalue weighted by Crippen LogP contribution is -2.55. The second kappa shape index (κ2) is 7.28. The number of fused-ring (bicyclic) bond motifs is 5. The van der Waals surface area contributed by atoms with Gasteiger partial charge in [0.2, 0.25) is 0 Å². The molecule has 7 atom stereocenters. The van der Waals surface area contributed by atoms with Gasteiger partial charge in [0.15, 0.2) is 5.78 Å². The van der Waals surface area contributed by atoms with Crippen LogP contribution in [-0.2, 0) is 4.79 Å². The first kappa shape index (κ1) is 20.7. The van der Waals surface area contributed by atoms with Crippen LogP contribution in [0.15, 0.2) is 11.6 Å². The zero-order chi connectivity index (χ0) is 20.2. The molecular weight excluding hydrogens is 412 g/mol. The molecule has 4 rings (SSSR count). The van der Waals surface area contributed by atoms with Crippen LogP contribution in [0.5, 0.6) is 0 Å². The molecule has 0 saturated heterocycles. The highest BCUT2D eigenvalue weighted by atomic mass is 79.9. The van der Waals surface area contributed by atoms with Gasteiger partial charge in [-0.05, 0) is 80.1 Å². The third-order valence-electron chi connectivity index (χ3n) is 9.16. The van der Waals surface area contributed by atoms with Crippen LogP contribution in [0, 0.1) is 46.3 Å². The van der Waals surface area contributed by atoms with E-state index < -0.39 is 5.60 Å². The summed E-state index contributed by atoms with van der Waals surface area (Å²) >= 11 is 3.47. The number of alkyl halides is 1. The van der Waals surface area contributed by atoms with Gasteiger partial charge in [0.1, 0.15) is 5.60 Å². The van der Waals surface area contributed by atoms with Gasteiger partial charge in [0.05, 0.1) is 0 Å². The minimum atomic E-state index is -0.822. The third-order valence-corrected chi connectivity index (χ3v) is 9.72. The number of unbranched alkanes of at least 4 members (excludes halogenated alkanes) is 1. The van der Waals surface area contributed by atoms with Crippen LogP contribution < -0.4 is 0 Å². The first-order chi connectivity index (χ1) is 13.2. The van der Waals surface area contributed by atoms with E-state index in [0.717, 1.165) is 50.3 Å². The van der Waals surface area contributed by atoms with Crippen molar-refractivity contribution >= 4 is 21.7 Å². The Hall–Kier alpha value is -0.590. The predicted molar refractivity (Wildman–Crippen MR) is 117 cm³/mol. The van der Waals surface area contributed by atoms with Crippen molar-refractivity contribution in [3.05, 3.63) is 11.6 Å². The fraction of sp³-hybridized carbons (Fsp3) is 0.800.